The summed E-state index contributed by atoms with van der Waals surface area (Å²) in [6.07, 6.45) is 4.78. The summed E-state index contributed by atoms with van der Waals surface area (Å²) in [6.45, 7) is 2.09. The molecular formula is C14H18O. The van der Waals surface area contributed by atoms with Crippen molar-refractivity contribution in [3.05, 3.63) is 35.4 Å². The summed E-state index contributed by atoms with van der Waals surface area (Å²) in [5, 5.41) is 10.7. The number of rotatable bonds is 1. The molecule has 0 spiro atoms. The molecule has 1 nitrogen and oxygen atoms in total. The summed E-state index contributed by atoms with van der Waals surface area (Å²) in [6, 6.07) is 8.44. The molecule has 0 radical (unpaired) electrons. The molecule has 0 aromatic heterocycles. The summed E-state index contributed by atoms with van der Waals surface area (Å²) >= 11 is 0. The van der Waals surface area contributed by atoms with Crippen molar-refractivity contribution in [2.75, 3.05) is 0 Å². The molecule has 15 heavy (non-hydrogen) atoms. The van der Waals surface area contributed by atoms with Gasteiger partial charge in [0.05, 0.1) is 5.60 Å². The van der Waals surface area contributed by atoms with Gasteiger partial charge in [-0.2, -0.15) is 0 Å². The van der Waals surface area contributed by atoms with Crippen molar-refractivity contribution in [3.63, 3.8) is 0 Å². The smallest absolute Gasteiger partial charge is 0.0927 e. The Morgan fingerprint density at radius 1 is 1.20 bits per heavy atom. The second kappa shape index (κ2) is 3.08. The summed E-state index contributed by atoms with van der Waals surface area (Å²) in [4.78, 5) is 0. The van der Waals surface area contributed by atoms with E-state index in [0.717, 1.165) is 17.9 Å². The molecule has 2 aliphatic carbocycles. The molecule has 0 aliphatic heterocycles. The monoisotopic (exact) mass is 202 g/mol. The molecule has 3 unspecified atom stereocenters. The molecule has 3 rings (SSSR count). The van der Waals surface area contributed by atoms with E-state index in [4.69, 9.17) is 0 Å². The molecule has 1 aromatic carbocycles. The minimum Gasteiger partial charge on any atom is -0.385 e. The Kier molecular flexibility index (Phi) is 1.93. The van der Waals surface area contributed by atoms with Gasteiger partial charge in [0.15, 0.2) is 0 Å². The topological polar surface area (TPSA) is 20.2 Å². The summed E-state index contributed by atoms with van der Waals surface area (Å²) < 4.78 is 0. The number of aliphatic hydroxyl groups is 1. The Labute approximate surface area is 91.1 Å². The van der Waals surface area contributed by atoms with E-state index >= 15 is 0 Å². The van der Waals surface area contributed by atoms with Gasteiger partial charge in [-0.15, -0.1) is 0 Å². The zero-order valence-corrected chi connectivity index (χ0v) is 9.24. The number of aryl methyl sites for hydroxylation is 1. The molecule has 1 aromatic rings. The largest absolute Gasteiger partial charge is 0.385 e. The minimum atomic E-state index is -0.503. The maximum absolute atomic E-state index is 10.7. The van der Waals surface area contributed by atoms with Crippen molar-refractivity contribution < 1.29 is 5.11 Å². The summed E-state index contributed by atoms with van der Waals surface area (Å²) in [5.74, 6) is 1.30. The third kappa shape index (κ3) is 1.33. The lowest BCUT2D eigenvalue weighted by Gasteiger charge is -2.33. The molecule has 1 heteroatoms. The van der Waals surface area contributed by atoms with E-state index in [0.29, 0.717) is 5.92 Å². The molecule has 0 saturated heterocycles. The standard InChI is InChI=1S/C14H18O/c1-10-2-5-12(6-3-10)14(15)9-11-4-7-13(14)8-11/h2-3,5-6,11,13,15H,4,7-9H2,1H3. The zero-order chi connectivity index (χ0) is 10.5. The molecule has 3 atom stereocenters. The summed E-state index contributed by atoms with van der Waals surface area (Å²) in [5.41, 5.74) is 1.90. The molecule has 2 fully saturated rings. The Morgan fingerprint density at radius 3 is 2.47 bits per heavy atom. The minimum absolute atomic E-state index is 0.503. The first-order valence-corrected chi connectivity index (χ1v) is 5.98. The molecule has 2 bridgehead atoms. The third-order valence-corrected chi connectivity index (χ3v) is 4.37. The van der Waals surface area contributed by atoms with Crippen LogP contribution >= 0.6 is 0 Å². The summed E-state index contributed by atoms with van der Waals surface area (Å²) in [7, 11) is 0. The van der Waals surface area contributed by atoms with Gasteiger partial charge in [-0.25, -0.2) is 0 Å². The van der Waals surface area contributed by atoms with Crippen LogP contribution in [-0.4, -0.2) is 5.11 Å². The van der Waals surface area contributed by atoms with Gasteiger partial charge in [-0.05, 0) is 50.0 Å². The van der Waals surface area contributed by atoms with Crippen molar-refractivity contribution in [1.29, 1.82) is 0 Å². The van der Waals surface area contributed by atoms with E-state index in [2.05, 4.69) is 31.2 Å². The van der Waals surface area contributed by atoms with Crippen LogP contribution in [0.15, 0.2) is 24.3 Å². The molecule has 0 amide bonds. The normalized spacial score (nSPS) is 38.5. The lowest BCUT2D eigenvalue weighted by atomic mass is 9.79. The van der Waals surface area contributed by atoms with Gasteiger partial charge >= 0.3 is 0 Å². The first-order chi connectivity index (χ1) is 7.18. The third-order valence-electron chi connectivity index (χ3n) is 4.37. The van der Waals surface area contributed by atoms with Gasteiger partial charge in [-0.3, -0.25) is 0 Å². The predicted octanol–water partition coefficient (Wildman–Crippen LogP) is 3.00. The highest BCUT2D eigenvalue weighted by atomic mass is 16.3. The second-order valence-corrected chi connectivity index (χ2v) is 5.37. The van der Waals surface area contributed by atoms with Crippen LogP contribution in [0.4, 0.5) is 0 Å². The zero-order valence-electron chi connectivity index (χ0n) is 9.24. The van der Waals surface area contributed by atoms with E-state index in [-0.39, 0.29) is 0 Å². The maximum Gasteiger partial charge on any atom is 0.0927 e. The Hall–Kier alpha value is -0.820. The SMILES string of the molecule is Cc1ccc(C2(O)CC3CCC2C3)cc1. The van der Waals surface area contributed by atoms with Gasteiger partial charge < -0.3 is 5.11 Å². The van der Waals surface area contributed by atoms with Crippen molar-refractivity contribution in [2.24, 2.45) is 11.8 Å². The molecule has 2 aliphatic rings. The van der Waals surface area contributed by atoms with Gasteiger partial charge in [-0.1, -0.05) is 29.8 Å². The van der Waals surface area contributed by atoms with Gasteiger partial charge in [0, 0.05) is 0 Å². The average molecular weight is 202 g/mol. The predicted molar refractivity (Wildman–Crippen MR) is 60.5 cm³/mol. The van der Waals surface area contributed by atoms with Gasteiger partial charge in [0.25, 0.3) is 0 Å². The van der Waals surface area contributed by atoms with Gasteiger partial charge in [0.1, 0.15) is 0 Å². The van der Waals surface area contributed by atoms with Crippen LogP contribution in [-0.2, 0) is 5.60 Å². The van der Waals surface area contributed by atoms with E-state index in [1.165, 1.54) is 24.8 Å². The molecule has 2 saturated carbocycles. The van der Waals surface area contributed by atoms with Gasteiger partial charge in [0.2, 0.25) is 0 Å². The van der Waals surface area contributed by atoms with Crippen LogP contribution in [0.25, 0.3) is 0 Å². The lowest BCUT2D eigenvalue weighted by Crippen LogP contribution is -2.32. The van der Waals surface area contributed by atoms with Crippen LogP contribution < -0.4 is 0 Å². The fourth-order valence-electron chi connectivity index (χ4n) is 3.50. The average Bonchev–Trinajstić information content (AvgIpc) is 2.78. The fraction of sp³-hybridized carbons (Fsp3) is 0.571. The Balaban J connectivity index is 1.96. The first kappa shape index (κ1) is 9.41. The van der Waals surface area contributed by atoms with Crippen molar-refractivity contribution in [3.8, 4) is 0 Å². The maximum atomic E-state index is 10.7. The molecule has 0 heterocycles. The number of benzene rings is 1. The van der Waals surface area contributed by atoms with E-state index in [9.17, 15) is 5.11 Å². The number of hydrogen-bond acceptors (Lipinski definition) is 1. The highest BCUT2D eigenvalue weighted by Crippen LogP contribution is 2.55. The lowest BCUT2D eigenvalue weighted by molar-refractivity contribution is -0.0182. The van der Waals surface area contributed by atoms with E-state index < -0.39 is 5.60 Å². The molecular weight excluding hydrogens is 184 g/mol. The number of hydrogen-bond donors (Lipinski definition) is 1. The van der Waals surface area contributed by atoms with Crippen LogP contribution in [0, 0.1) is 18.8 Å². The van der Waals surface area contributed by atoms with E-state index in [1.54, 1.807) is 0 Å². The quantitative estimate of drug-likeness (QED) is 0.742. The highest BCUT2D eigenvalue weighted by Gasteiger charge is 2.50. The van der Waals surface area contributed by atoms with Crippen molar-refractivity contribution in [1.82, 2.24) is 0 Å². The fourth-order valence-corrected chi connectivity index (χ4v) is 3.50. The Morgan fingerprint density at radius 2 is 1.93 bits per heavy atom. The van der Waals surface area contributed by atoms with E-state index in [1.807, 2.05) is 0 Å². The first-order valence-electron chi connectivity index (χ1n) is 5.98. The van der Waals surface area contributed by atoms with Crippen LogP contribution in [0.2, 0.25) is 0 Å². The highest BCUT2D eigenvalue weighted by molar-refractivity contribution is 5.29. The molecule has 1 N–H and O–H groups in total. The second-order valence-electron chi connectivity index (χ2n) is 5.37. The van der Waals surface area contributed by atoms with Crippen molar-refractivity contribution in [2.45, 2.75) is 38.2 Å². The molecule has 80 valence electrons. The van der Waals surface area contributed by atoms with Crippen LogP contribution in [0.5, 0.6) is 0 Å². The van der Waals surface area contributed by atoms with Crippen LogP contribution in [0.1, 0.15) is 36.8 Å². The van der Waals surface area contributed by atoms with Crippen LogP contribution in [0.3, 0.4) is 0 Å². The Bertz CT molecular complexity index is 367. The van der Waals surface area contributed by atoms with Crippen molar-refractivity contribution >= 4 is 0 Å². The number of fused-ring (bicyclic) bond motifs is 2.